The van der Waals surface area contributed by atoms with Crippen LogP contribution in [0.15, 0.2) is 0 Å². The molecule has 1 fully saturated rings. The Kier molecular flexibility index (Phi) is 2.19. The van der Waals surface area contributed by atoms with Gasteiger partial charge in [0.15, 0.2) is 0 Å². The lowest BCUT2D eigenvalue weighted by atomic mass is 9.49. The quantitative estimate of drug-likeness (QED) is 0.635. The number of hydrogen-bond donors (Lipinski definition) is 1. The van der Waals surface area contributed by atoms with Gasteiger partial charge in [0, 0.05) is 13.0 Å². The van der Waals surface area contributed by atoms with E-state index in [-0.39, 0.29) is 11.8 Å². The van der Waals surface area contributed by atoms with E-state index in [2.05, 4.69) is 33.0 Å². The standard InChI is InChI=1S/C10H19NO/c1-6-8(9(12)11-5)7(2)10(6,3)4/h6-8H,1-5H3,(H,11,12)/t6-,7?,8?/m0/s1. The fraction of sp³-hybridized carbons (Fsp3) is 0.900. The predicted octanol–water partition coefficient (Wildman–Crippen LogP) is 1.66. The van der Waals surface area contributed by atoms with Gasteiger partial charge in [-0.3, -0.25) is 4.79 Å². The Morgan fingerprint density at radius 2 is 1.67 bits per heavy atom. The molecule has 1 rings (SSSR count). The maximum atomic E-state index is 11.4. The van der Waals surface area contributed by atoms with Crippen LogP contribution in [0.5, 0.6) is 0 Å². The SMILES string of the molecule is CNC(=O)C1C(C)C(C)(C)[C@H]1C. The fourth-order valence-corrected chi connectivity index (χ4v) is 2.28. The molecule has 2 unspecified atom stereocenters. The highest BCUT2D eigenvalue weighted by Crippen LogP contribution is 2.55. The molecular weight excluding hydrogens is 150 g/mol. The maximum absolute atomic E-state index is 11.4. The van der Waals surface area contributed by atoms with Gasteiger partial charge in [-0.1, -0.05) is 27.7 Å². The van der Waals surface area contributed by atoms with Gasteiger partial charge in [-0.05, 0) is 17.3 Å². The third kappa shape index (κ3) is 1.05. The van der Waals surface area contributed by atoms with Crippen LogP contribution in [-0.2, 0) is 4.79 Å². The zero-order chi connectivity index (χ0) is 9.52. The molecule has 2 heteroatoms. The van der Waals surface area contributed by atoms with Crippen molar-refractivity contribution in [2.75, 3.05) is 7.05 Å². The Labute approximate surface area is 74.7 Å². The van der Waals surface area contributed by atoms with Crippen molar-refractivity contribution in [3.05, 3.63) is 0 Å². The molecule has 0 bridgehead atoms. The molecule has 1 N–H and O–H groups in total. The van der Waals surface area contributed by atoms with Crippen LogP contribution in [0, 0.1) is 23.2 Å². The van der Waals surface area contributed by atoms with Crippen molar-refractivity contribution in [3.63, 3.8) is 0 Å². The molecule has 3 atom stereocenters. The molecule has 0 spiro atoms. The van der Waals surface area contributed by atoms with Gasteiger partial charge in [-0.15, -0.1) is 0 Å². The minimum atomic E-state index is 0.203. The van der Waals surface area contributed by atoms with Gasteiger partial charge in [-0.25, -0.2) is 0 Å². The van der Waals surface area contributed by atoms with Crippen molar-refractivity contribution in [1.82, 2.24) is 5.32 Å². The van der Waals surface area contributed by atoms with E-state index < -0.39 is 0 Å². The number of amides is 1. The third-order valence-corrected chi connectivity index (χ3v) is 3.97. The average Bonchev–Trinajstić information content (AvgIpc) is 2.04. The lowest BCUT2D eigenvalue weighted by Gasteiger charge is -2.55. The fourth-order valence-electron chi connectivity index (χ4n) is 2.28. The monoisotopic (exact) mass is 169 g/mol. The molecule has 2 nitrogen and oxygen atoms in total. The highest BCUT2D eigenvalue weighted by Gasteiger charge is 2.53. The highest BCUT2D eigenvalue weighted by atomic mass is 16.1. The molecule has 1 aliphatic rings. The van der Waals surface area contributed by atoms with Crippen LogP contribution in [0.2, 0.25) is 0 Å². The largest absolute Gasteiger partial charge is 0.359 e. The second kappa shape index (κ2) is 2.75. The Balaban J connectivity index is 2.68. The highest BCUT2D eigenvalue weighted by molar-refractivity contribution is 5.80. The number of nitrogens with one attached hydrogen (secondary N) is 1. The summed E-state index contributed by atoms with van der Waals surface area (Å²) in [5.41, 5.74) is 0.331. The normalized spacial score (nSPS) is 38.6. The van der Waals surface area contributed by atoms with E-state index in [4.69, 9.17) is 0 Å². The second-order valence-corrected chi connectivity index (χ2v) is 4.54. The minimum absolute atomic E-state index is 0.203. The van der Waals surface area contributed by atoms with Crippen molar-refractivity contribution in [2.45, 2.75) is 27.7 Å². The first-order chi connectivity index (χ1) is 5.42. The number of carbonyl (C=O) groups is 1. The summed E-state index contributed by atoms with van der Waals surface area (Å²) in [4.78, 5) is 11.4. The first-order valence-electron chi connectivity index (χ1n) is 4.64. The van der Waals surface area contributed by atoms with E-state index in [9.17, 15) is 4.79 Å². The summed E-state index contributed by atoms with van der Waals surface area (Å²) in [6.07, 6.45) is 0. The molecule has 1 aliphatic carbocycles. The first kappa shape index (κ1) is 9.56. The number of rotatable bonds is 1. The molecule has 0 aliphatic heterocycles. The van der Waals surface area contributed by atoms with Crippen LogP contribution in [-0.4, -0.2) is 13.0 Å². The van der Waals surface area contributed by atoms with Crippen LogP contribution in [0.4, 0.5) is 0 Å². The van der Waals surface area contributed by atoms with Crippen LogP contribution in [0.3, 0.4) is 0 Å². The van der Waals surface area contributed by atoms with Crippen LogP contribution in [0.1, 0.15) is 27.7 Å². The van der Waals surface area contributed by atoms with E-state index in [1.165, 1.54) is 0 Å². The van der Waals surface area contributed by atoms with Crippen LogP contribution >= 0.6 is 0 Å². The van der Waals surface area contributed by atoms with E-state index in [1.54, 1.807) is 7.05 Å². The lowest BCUT2D eigenvalue weighted by Crippen LogP contribution is -2.56. The van der Waals surface area contributed by atoms with Crippen molar-refractivity contribution >= 4 is 5.91 Å². The molecule has 0 aromatic heterocycles. The molecular formula is C10H19NO. The zero-order valence-corrected chi connectivity index (χ0v) is 8.64. The molecule has 0 aromatic rings. The smallest absolute Gasteiger partial charge is 0.223 e. The van der Waals surface area contributed by atoms with Gasteiger partial charge in [0.2, 0.25) is 5.91 Å². The van der Waals surface area contributed by atoms with Crippen molar-refractivity contribution in [1.29, 1.82) is 0 Å². The average molecular weight is 169 g/mol. The molecule has 1 saturated carbocycles. The van der Waals surface area contributed by atoms with Gasteiger partial charge in [0.25, 0.3) is 0 Å². The topological polar surface area (TPSA) is 29.1 Å². The molecule has 0 radical (unpaired) electrons. The molecule has 1 amide bonds. The summed E-state index contributed by atoms with van der Waals surface area (Å²) in [5, 5.41) is 2.73. The number of carbonyl (C=O) groups excluding carboxylic acids is 1. The predicted molar refractivity (Wildman–Crippen MR) is 49.7 cm³/mol. The van der Waals surface area contributed by atoms with Crippen LogP contribution in [0.25, 0.3) is 0 Å². The minimum Gasteiger partial charge on any atom is -0.359 e. The second-order valence-electron chi connectivity index (χ2n) is 4.54. The van der Waals surface area contributed by atoms with Gasteiger partial charge >= 0.3 is 0 Å². The summed E-state index contributed by atoms with van der Waals surface area (Å²) in [5.74, 6) is 1.44. The van der Waals surface area contributed by atoms with E-state index in [0.717, 1.165) is 0 Å². The van der Waals surface area contributed by atoms with E-state index in [0.29, 0.717) is 17.3 Å². The Hall–Kier alpha value is -0.530. The molecule has 12 heavy (non-hydrogen) atoms. The molecule has 0 saturated heterocycles. The van der Waals surface area contributed by atoms with E-state index in [1.807, 2.05) is 0 Å². The van der Waals surface area contributed by atoms with Gasteiger partial charge in [-0.2, -0.15) is 0 Å². The number of hydrogen-bond acceptors (Lipinski definition) is 1. The molecule has 70 valence electrons. The van der Waals surface area contributed by atoms with Crippen molar-refractivity contribution in [3.8, 4) is 0 Å². The first-order valence-corrected chi connectivity index (χ1v) is 4.64. The van der Waals surface area contributed by atoms with Gasteiger partial charge in [0.1, 0.15) is 0 Å². The molecule has 0 heterocycles. The molecule has 0 aromatic carbocycles. The van der Waals surface area contributed by atoms with E-state index >= 15 is 0 Å². The Morgan fingerprint density at radius 3 is 2.00 bits per heavy atom. The van der Waals surface area contributed by atoms with Crippen molar-refractivity contribution < 1.29 is 4.79 Å². The van der Waals surface area contributed by atoms with Crippen LogP contribution < -0.4 is 5.32 Å². The van der Waals surface area contributed by atoms with Gasteiger partial charge in [0.05, 0.1) is 0 Å². The Bertz CT molecular complexity index is 186. The summed E-state index contributed by atoms with van der Waals surface area (Å²) >= 11 is 0. The maximum Gasteiger partial charge on any atom is 0.223 e. The van der Waals surface area contributed by atoms with Gasteiger partial charge < -0.3 is 5.32 Å². The van der Waals surface area contributed by atoms with Crippen molar-refractivity contribution in [2.24, 2.45) is 23.2 Å². The Morgan fingerprint density at radius 1 is 1.25 bits per heavy atom. The summed E-state index contributed by atoms with van der Waals surface area (Å²) in [6, 6.07) is 0. The summed E-state index contributed by atoms with van der Waals surface area (Å²) in [6.45, 7) is 8.81. The lowest BCUT2D eigenvalue weighted by molar-refractivity contribution is -0.148. The summed E-state index contributed by atoms with van der Waals surface area (Å²) in [7, 11) is 1.72. The third-order valence-electron chi connectivity index (χ3n) is 3.97. The summed E-state index contributed by atoms with van der Waals surface area (Å²) < 4.78 is 0. The zero-order valence-electron chi connectivity index (χ0n) is 8.64.